The number of halogens is 3. The Morgan fingerprint density at radius 3 is 2.54 bits per heavy atom. The second kappa shape index (κ2) is 7.58. The molecule has 0 unspecified atom stereocenters. The summed E-state index contributed by atoms with van der Waals surface area (Å²) in [6.45, 7) is 5.01. The molecule has 0 saturated heterocycles. The fourth-order valence-electron chi connectivity index (χ4n) is 1.95. The molecule has 0 aliphatic carbocycles. The largest absolute Gasteiger partial charge is 0.452 e. The minimum atomic E-state index is -0.871. The molecule has 0 radical (unpaired) electrons. The van der Waals surface area contributed by atoms with E-state index in [1.54, 1.807) is 26.8 Å². The third kappa shape index (κ3) is 4.83. The number of carbonyl (C=O) groups is 1. The lowest BCUT2D eigenvalue weighted by Gasteiger charge is -2.21. The highest BCUT2D eigenvalue weighted by atomic mass is 35.5. The molecule has 8 heteroatoms. The molecule has 5 nitrogen and oxygen atoms in total. The number of benzene rings is 2. The molecule has 0 aromatic heterocycles. The van der Waals surface area contributed by atoms with Gasteiger partial charge >= 0.3 is 6.09 Å². The number of nitriles is 1. The zero-order valence-electron chi connectivity index (χ0n) is 14.2. The zero-order chi connectivity index (χ0) is 19.5. The van der Waals surface area contributed by atoms with Gasteiger partial charge in [0.05, 0.1) is 10.7 Å². The molecule has 1 amide bonds. The second-order valence-electron chi connectivity index (χ2n) is 6.21. The molecule has 26 heavy (non-hydrogen) atoms. The van der Waals surface area contributed by atoms with Gasteiger partial charge in [-0.1, -0.05) is 11.6 Å². The van der Waals surface area contributed by atoms with E-state index in [9.17, 15) is 18.8 Å². The molecule has 0 saturated carbocycles. The van der Waals surface area contributed by atoms with Crippen LogP contribution < -0.4 is 10.1 Å². The predicted octanol–water partition coefficient (Wildman–Crippen LogP) is 5.63. The Morgan fingerprint density at radius 2 is 1.92 bits per heavy atom. The topological polar surface area (TPSA) is 71.3 Å². The van der Waals surface area contributed by atoms with Gasteiger partial charge in [0.1, 0.15) is 34.6 Å². The van der Waals surface area contributed by atoms with Crippen molar-refractivity contribution in [2.75, 3.05) is 5.32 Å². The summed E-state index contributed by atoms with van der Waals surface area (Å²) in [4.78, 5) is 12.0. The van der Waals surface area contributed by atoms with Gasteiger partial charge in [-0.2, -0.15) is 5.26 Å². The van der Waals surface area contributed by atoms with E-state index in [1.807, 2.05) is 0 Å². The number of anilines is 1. The normalized spacial score (nSPS) is 10.8. The number of hydrogen-bond donors (Lipinski definition) is 1. The number of hydrogen-bond acceptors (Lipinski definition) is 4. The maximum absolute atomic E-state index is 14.0. The summed E-state index contributed by atoms with van der Waals surface area (Å²) >= 11 is 5.95. The quantitative estimate of drug-likeness (QED) is 0.749. The van der Waals surface area contributed by atoms with Crippen molar-refractivity contribution in [2.45, 2.75) is 26.4 Å². The van der Waals surface area contributed by atoms with Crippen molar-refractivity contribution in [1.82, 2.24) is 0 Å². The first-order chi connectivity index (χ1) is 12.1. The smallest absolute Gasteiger partial charge is 0.412 e. The first kappa shape index (κ1) is 19.5. The van der Waals surface area contributed by atoms with Gasteiger partial charge < -0.3 is 9.47 Å². The summed E-state index contributed by atoms with van der Waals surface area (Å²) in [5, 5.41) is 11.7. The third-order valence-electron chi connectivity index (χ3n) is 2.96. The van der Waals surface area contributed by atoms with Crippen LogP contribution in [0.5, 0.6) is 11.5 Å². The highest BCUT2D eigenvalue weighted by molar-refractivity contribution is 6.32. The summed E-state index contributed by atoms with van der Waals surface area (Å²) in [6.07, 6.45) is -0.830. The van der Waals surface area contributed by atoms with E-state index in [-0.39, 0.29) is 22.2 Å². The fourth-order valence-corrected chi connectivity index (χ4v) is 2.10. The minimum Gasteiger partial charge on any atom is -0.452 e. The highest BCUT2D eigenvalue weighted by Gasteiger charge is 2.22. The Bertz CT molecular complexity index is 889. The number of amides is 1. The molecular formula is C18H15ClF2N2O3. The lowest BCUT2D eigenvalue weighted by molar-refractivity contribution is 0.0635. The Balaban J connectivity index is 2.45. The van der Waals surface area contributed by atoms with Gasteiger partial charge in [0, 0.05) is 6.07 Å². The standard InChI is InChI=1S/C18H15ClF2N2O3/c1-18(2,3)26-17(24)23-14-7-6-13(21)11(9-22)16(14)25-15-8-10(20)4-5-12(15)19/h4-8H,1-3H3,(H,23,24). The number of nitrogens with one attached hydrogen (secondary N) is 1. The molecule has 0 fully saturated rings. The third-order valence-corrected chi connectivity index (χ3v) is 3.27. The number of carbonyl (C=O) groups excluding carboxylic acids is 1. The van der Waals surface area contributed by atoms with E-state index in [2.05, 4.69) is 5.32 Å². The van der Waals surface area contributed by atoms with E-state index in [0.29, 0.717) is 0 Å². The van der Waals surface area contributed by atoms with E-state index in [1.165, 1.54) is 12.1 Å². The SMILES string of the molecule is CC(C)(C)OC(=O)Nc1ccc(F)c(C#N)c1Oc1cc(F)ccc1Cl. The van der Waals surface area contributed by atoms with Crippen LogP contribution in [0.15, 0.2) is 30.3 Å². The molecule has 2 rings (SSSR count). The van der Waals surface area contributed by atoms with Crippen molar-refractivity contribution in [3.8, 4) is 17.6 Å². The summed E-state index contributed by atoms with van der Waals surface area (Å²) in [7, 11) is 0. The molecule has 0 spiro atoms. The average Bonchev–Trinajstić information content (AvgIpc) is 2.52. The summed E-state index contributed by atoms with van der Waals surface area (Å²) in [6, 6.07) is 7.18. The van der Waals surface area contributed by atoms with Crippen LogP contribution in [0.2, 0.25) is 5.02 Å². The van der Waals surface area contributed by atoms with Gasteiger partial charge in [-0.3, -0.25) is 5.32 Å². The van der Waals surface area contributed by atoms with Gasteiger partial charge in [0.15, 0.2) is 5.75 Å². The Labute approximate surface area is 154 Å². The monoisotopic (exact) mass is 380 g/mol. The Hall–Kier alpha value is -2.85. The fraction of sp³-hybridized carbons (Fsp3) is 0.222. The first-order valence-corrected chi connectivity index (χ1v) is 7.84. The molecule has 0 aliphatic heterocycles. The van der Waals surface area contributed by atoms with Gasteiger partial charge in [-0.05, 0) is 45.0 Å². The van der Waals surface area contributed by atoms with Crippen molar-refractivity contribution in [3.05, 3.63) is 52.6 Å². The highest BCUT2D eigenvalue weighted by Crippen LogP contribution is 2.38. The van der Waals surface area contributed by atoms with Crippen LogP contribution in [-0.2, 0) is 4.74 Å². The maximum atomic E-state index is 14.0. The van der Waals surface area contributed by atoms with Crippen LogP contribution in [0.1, 0.15) is 26.3 Å². The summed E-state index contributed by atoms with van der Waals surface area (Å²) in [5.41, 5.74) is -1.27. The van der Waals surface area contributed by atoms with Crippen molar-refractivity contribution in [1.29, 1.82) is 5.26 Å². The lowest BCUT2D eigenvalue weighted by atomic mass is 10.1. The molecular weight excluding hydrogens is 366 g/mol. The van der Waals surface area contributed by atoms with Crippen molar-refractivity contribution >= 4 is 23.4 Å². The van der Waals surface area contributed by atoms with E-state index >= 15 is 0 Å². The first-order valence-electron chi connectivity index (χ1n) is 7.46. The molecule has 0 bridgehead atoms. The zero-order valence-corrected chi connectivity index (χ0v) is 14.9. The van der Waals surface area contributed by atoms with Gasteiger partial charge in [-0.15, -0.1) is 0 Å². The Kier molecular flexibility index (Phi) is 5.68. The number of rotatable bonds is 3. The van der Waals surface area contributed by atoms with Crippen LogP contribution in [0, 0.1) is 23.0 Å². The van der Waals surface area contributed by atoms with Crippen LogP contribution in [0.3, 0.4) is 0 Å². The van der Waals surface area contributed by atoms with Crippen LogP contribution >= 0.6 is 11.6 Å². The van der Waals surface area contributed by atoms with Crippen LogP contribution in [0.25, 0.3) is 0 Å². The lowest BCUT2D eigenvalue weighted by Crippen LogP contribution is -2.27. The predicted molar refractivity (Wildman–Crippen MR) is 92.5 cm³/mol. The summed E-state index contributed by atoms with van der Waals surface area (Å²) in [5.74, 6) is -1.96. The molecule has 2 aromatic carbocycles. The molecule has 0 aliphatic rings. The van der Waals surface area contributed by atoms with Gasteiger partial charge in [0.2, 0.25) is 0 Å². The number of ether oxygens (including phenoxy) is 2. The maximum Gasteiger partial charge on any atom is 0.412 e. The van der Waals surface area contributed by atoms with Crippen LogP contribution in [0.4, 0.5) is 19.3 Å². The van der Waals surface area contributed by atoms with Gasteiger partial charge in [-0.25, -0.2) is 13.6 Å². The molecule has 0 atom stereocenters. The minimum absolute atomic E-state index is 0.0301. The molecule has 1 N–H and O–H groups in total. The molecule has 2 aromatic rings. The molecule has 0 heterocycles. The van der Waals surface area contributed by atoms with Crippen molar-refractivity contribution in [2.24, 2.45) is 0 Å². The summed E-state index contributed by atoms with van der Waals surface area (Å²) < 4.78 is 38.0. The Morgan fingerprint density at radius 1 is 1.23 bits per heavy atom. The van der Waals surface area contributed by atoms with E-state index in [0.717, 1.165) is 18.2 Å². The number of nitrogens with zero attached hydrogens (tertiary/aromatic N) is 1. The van der Waals surface area contributed by atoms with E-state index < -0.39 is 28.9 Å². The van der Waals surface area contributed by atoms with Crippen LogP contribution in [-0.4, -0.2) is 11.7 Å². The second-order valence-corrected chi connectivity index (χ2v) is 6.62. The van der Waals surface area contributed by atoms with Gasteiger partial charge in [0.25, 0.3) is 0 Å². The van der Waals surface area contributed by atoms with Crippen molar-refractivity contribution in [3.63, 3.8) is 0 Å². The average molecular weight is 381 g/mol. The molecule has 136 valence electrons. The van der Waals surface area contributed by atoms with Crippen molar-refractivity contribution < 1.29 is 23.0 Å². The van der Waals surface area contributed by atoms with E-state index in [4.69, 9.17) is 21.1 Å².